The standard InChI is InChI=1S/C14H16N6O4/c1-2-18-8-10(13(22)23)11(21)9-7-15-14(16-12(9)18)19-3-5-20(17-24)6-4-19/h7-8H,2-6H2,1H3,(H,22,23). The molecule has 0 saturated carbocycles. The number of piperazine rings is 1. The molecular formula is C14H16N6O4. The summed E-state index contributed by atoms with van der Waals surface area (Å²) in [5, 5.41) is 13.7. The van der Waals surface area contributed by atoms with Crippen LogP contribution in [0.25, 0.3) is 11.0 Å². The van der Waals surface area contributed by atoms with Crippen LogP contribution in [-0.4, -0.2) is 56.8 Å². The highest BCUT2D eigenvalue weighted by atomic mass is 16.4. The molecule has 24 heavy (non-hydrogen) atoms. The van der Waals surface area contributed by atoms with E-state index >= 15 is 0 Å². The summed E-state index contributed by atoms with van der Waals surface area (Å²) in [7, 11) is 0. The number of carboxylic acid groups (broad SMARTS) is 1. The summed E-state index contributed by atoms with van der Waals surface area (Å²) < 4.78 is 1.62. The van der Waals surface area contributed by atoms with Crippen molar-refractivity contribution in [1.29, 1.82) is 0 Å². The molecule has 0 aliphatic carbocycles. The lowest BCUT2D eigenvalue weighted by molar-refractivity contribution is 0.0695. The van der Waals surface area contributed by atoms with Gasteiger partial charge in [-0.3, -0.25) is 9.80 Å². The van der Waals surface area contributed by atoms with Gasteiger partial charge in [0.1, 0.15) is 11.2 Å². The minimum absolute atomic E-state index is 0.175. The summed E-state index contributed by atoms with van der Waals surface area (Å²) in [4.78, 5) is 44.5. The molecule has 0 spiro atoms. The Morgan fingerprint density at radius 2 is 2.04 bits per heavy atom. The van der Waals surface area contributed by atoms with Gasteiger partial charge in [-0.05, 0) is 6.92 Å². The Morgan fingerprint density at radius 3 is 2.62 bits per heavy atom. The summed E-state index contributed by atoms with van der Waals surface area (Å²) in [6.45, 7) is 4.34. The van der Waals surface area contributed by atoms with E-state index in [0.29, 0.717) is 44.3 Å². The fourth-order valence-electron chi connectivity index (χ4n) is 2.69. The van der Waals surface area contributed by atoms with Crippen LogP contribution in [0.2, 0.25) is 0 Å². The van der Waals surface area contributed by atoms with Crippen molar-refractivity contribution in [2.45, 2.75) is 13.5 Å². The molecule has 1 saturated heterocycles. The molecule has 1 aliphatic heterocycles. The maximum atomic E-state index is 12.3. The maximum absolute atomic E-state index is 12.3. The molecule has 0 atom stereocenters. The van der Waals surface area contributed by atoms with Crippen molar-refractivity contribution in [2.24, 2.45) is 5.29 Å². The molecule has 126 valence electrons. The third-order valence-corrected chi connectivity index (χ3v) is 4.03. The molecule has 1 N–H and O–H groups in total. The predicted octanol–water partition coefficient (Wildman–Crippen LogP) is 0.313. The lowest BCUT2D eigenvalue weighted by Gasteiger charge is -2.31. The first-order valence-corrected chi connectivity index (χ1v) is 7.51. The van der Waals surface area contributed by atoms with Gasteiger partial charge in [0.25, 0.3) is 0 Å². The number of fused-ring (bicyclic) bond motifs is 1. The highest BCUT2D eigenvalue weighted by Crippen LogP contribution is 2.16. The fraction of sp³-hybridized carbons (Fsp3) is 0.429. The van der Waals surface area contributed by atoms with Crippen LogP contribution in [0.1, 0.15) is 17.3 Å². The van der Waals surface area contributed by atoms with E-state index in [-0.39, 0.29) is 10.9 Å². The number of aromatic nitrogens is 3. The Bertz CT molecular complexity index is 856. The SMILES string of the molecule is CCn1cc(C(=O)O)c(=O)c2cnc(N3CCN(N=O)CC3)nc21. The lowest BCUT2D eigenvalue weighted by atomic mass is 10.2. The van der Waals surface area contributed by atoms with Crippen LogP contribution in [0.3, 0.4) is 0 Å². The Labute approximate surface area is 136 Å². The first-order chi connectivity index (χ1) is 11.5. The highest BCUT2D eigenvalue weighted by molar-refractivity contribution is 5.91. The van der Waals surface area contributed by atoms with E-state index in [1.165, 1.54) is 17.4 Å². The number of aromatic carboxylic acids is 1. The normalized spacial score (nSPS) is 14.9. The molecule has 10 heteroatoms. The molecule has 10 nitrogen and oxygen atoms in total. The number of nitroso groups, excluding NO2 is 1. The largest absolute Gasteiger partial charge is 0.477 e. The third kappa shape index (κ3) is 2.66. The molecule has 2 aromatic heterocycles. The van der Waals surface area contributed by atoms with E-state index in [1.54, 1.807) is 4.57 Å². The summed E-state index contributed by atoms with van der Waals surface area (Å²) in [5.74, 6) is -0.830. The molecule has 2 aromatic rings. The van der Waals surface area contributed by atoms with Crippen molar-refractivity contribution in [3.05, 3.63) is 33.1 Å². The third-order valence-electron chi connectivity index (χ3n) is 4.03. The van der Waals surface area contributed by atoms with Gasteiger partial charge < -0.3 is 14.6 Å². The average Bonchev–Trinajstić information content (AvgIpc) is 2.61. The Morgan fingerprint density at radius 1 is 1.33 bits per heavy atom. The van der Waals surface area contributed by atoms with Gasteiger partial charge >= 0.3 is 5.97 Å². The van der Waals surface area contributed by atoms with Gasteiger partial charge in [0.2, 0.25) is 11.4 Å². The number of aryl methyl sites for hydroxylation is 1. The van der Waals surface area contributed by atoms with Crippen LogP contribution >= 0.6 is 0 Å². The van der Waals surface area contributed by atoms with Crippen molar-refractivity contribution < 1.29 is 9.90 Å². The zero-order valence-corrected chi connectivity index (χ0v) is 13.0. The van der Waals surface area contributed by atoms with Gasteiger partial charge in [-0.15, -0.1) is 4.91 Å². The van der Waals surface area contributed by atoms with E-state index in [0.717, 1.165) is 0 Å². The van der Waals surface area contributed by atoms with E-state index in [4.69, 9.17) is 5.11 Å². The average molecular weight is 332 g/mol. The zero-order valence-electron chi connectivity index (χ0n) is 13.0. The first-order valence-electron chi connectivity index (χ1n) is 7.51. The Balaban J connectivity index is 2.05. The Kier molecular flexibility index (Phi) is 4.11. The van der Waals surface area contributed by atoms with E-state index in [9.17, 15) is 14.5 Å². The number of hydrogen-bond donors (Lipinski definition) is 1. The predicted molar refractivity (Wildman–Crippen MR) is 86.0 cm³/mol. The second-order valence-electron chi connectivity index (χ2n) is 5.39. The van der Waals surface area contributed by atoms with Gasteiger partial charge in [-0.25, -0.2) is 9.78 Å². The van der Waals surface area contributed by atoms with Crippen LogP contribution in [0.4, 0.5) is 5.95 Å². The minimum atomic E-state index is -1.27. The van der Waals surface area contributed by atoms with E-state index < -0.39 is 11.4 Å². The molecule has 0 unspecified atom stereocenters. The fourth-order valence-corrected chi connectivity index (χ4v) is 2.69. The number of carboxylic acids is 1. The first kappa shape index (κ1) is 15.8. The summed E-state index contributed by atoms with van der Waals surface area (Å²) in [6, 6.07) is 0. The number of nitrogens with zero attached hydrogens (tertiary/aromatic N) is 6. The van der Waals surface area contributed by atoms with E-state index in [2.05, 4.69) is 15.3 Å². The molecule has 0 bridgehead atoms. The summed E-state index contributed by atoms with van der Waals surface area (Å²) in [5.41, 5.74) is -0.497. The smallest absolute Gasteiger partial charge is 0.341 e. The van der Waals surface area contributed by atoms with Crippen LogP contribution < -0.4 is 10.3 Å². The molecule has 0 amide bonds. The van der Waals surface area contributed by atoms with Gasteiger partial charge in [-0.2, -0.15) is 4.98 Å². The number of carbonyl (C=O) groups is 1. The van der Waals surface area contributed by atoms with Crippen LogP contribution in [0, 0.1) is 4.91 Å². The van der Waals surface area contributed by atoms with E-state index in [1.807, 2.05) is 11.8 Å². The molecule has 0 radical (unpaired) electrons. The van der Waals surface area contributed by atoms with Crippen LogP contribution in [-0.2, 0) is 6.54 Å². The number of hydrogen-bond acceptors (Lipinski definition) is 7. The van der Waals surface area contributed by atoms with Crippen LogP contribution in [0.5, 0.6) is 0 Å². The molecular weight excluding hydrogens is 316 g/mol. The van der Waals surface area contributed by atoms with Gasteiger partial charge in [-0.1, -0.05) is 0 Å². The molecule has 3 heterocycles. The molecule has 1 fully saturated rings. The maximum Gasteiger partial charge on any atom is 0.341 e. The summed E-state index contributed by atoms with van der Waals surface area (Å²) in [6.07, 6.45) is 2.67. The van der Waals surface area contributed by atoms with Crippen molar-refractivity contribution in [2.75, 3.05) is 31.1 Å². The van der Waals surface area contributed by atoms with Gasteiger partial charge in [0.15, 0.2) is 0 Å². The zero-order chi connectivity index (χ0) is 17.3. The van der Waals surface area contributed by atoms with Crippen LogP contribution in [0.15, 0.2) is 22.5 Å². The highest BCUT2D eigenvalue weighted by Gasteiger charge is 2.21. The Hall–Kier alpha value is -3.04. The van der Waals surface area contributed by atoms with Crippen molar-refractivity contribution in [3.8, 4) is 0 Å². The second-order valence-corrected chi connectivity index (χ2v) is 5.39. The number of rotatable bonds is 4. The second kappa shape index (κ2) is 6.22. The number of pyridine rings is 1. The minimum Gasteiger partial charge on any atom is -0.477 e. The topological polar surface area (TPSA) is 121 Å². The van der Waals surface area contributed by atoms with Gasteiger partial charge in [0.05, 0.1) is 23.8 Å². The number of anilines is 1. The van der Waals surface area contributed by atoms with Crippen molar-refractivity contribution in [1.82, 2.24) is 19.5 Å². The summed E-state index contributed by atoms with van der Waals surface area (Å²) >= 11 is 0. The lowest BCUT2D eigenvalue weighted by Crippen LogP contribution is -2.44. The molecule has 0 aromatic carbocycles. The molecule has 1 aliphatic rings. The van der Waals surface area contributed by atoms with Crippen molar-refractivity contribution in [3.63, 3.8) is 0 Å². The molecule has 3 rings (SSSR count). The van der Waals surface area contributed by atoms with Crippen molar-refractivity contribution >= 4 is 23.0 Å². The monoisotopic (exact) mass is 332 g/mol. The quantitative estimate of drug-likeness (QED) is 0.794. The van der Waals surface area contributed by atoms with Gasteiger partial charge in [0, 0.05) is 32.0 Å².